The Bertz CT molecular complexity index is 738. The number of aromatic nitrogens is 1. The number of likely N-dealkylation sites (N-methyl/N-ethyl adjacent to an activating group) is 1. The molecule has 0 saturated carbocycles. The highest BCUT2D eigenvalue weighted by molar-refractivity contribution is 5.82. The molecule has 4 nitrogen and oxygen atoms in total. The van der Waals surface area contributed by atoms with E-state index in [-0.39, 0.29) is 5.95 Å². The molecule has 2 N–H and O–H groups in total. The number of nitrogens with one attached hydrogen (secondary N) is 1. The lowest BCUT2D eigenvalue weighted by molar-refractivity contribution is -0.139. The van der Waals surface area contributed by atoms with Crippen LogP contribution in [0.25, 0.3) is 5.52 Å². The summed E-state index contributed by atoms with van der Waals surface area (Å²) in [6.45, 7) is 1.98. The minimum Gasteiger partial charge on any atom is -0.481 e. The fourth-order valence-electron chi connectivity index (χ4n) is 3.88. The van der Waals surface area contributed by atoms with E-state index in [2.05, 4.69) is 5.32 Å². The zero-order valence-corrected chi connectivity index (χ0v) is 13.6. The third-order valence-electron chi connectivity index (χ3n) is 4.98. The maximum atomic E-state index is 14.5. The van der Waals surface area contributed by atoms with Gasteiger partial charge in [0.05, 0.1) is 11.4 Å². The van der Waals surface area contributed by atoms with Gasteiger partial charge in [0.1, 0.15) is 0 Å². The first-order chi connectivity index (χ1) is 11.1. The molecule has 2 aromatic heterocycles. The van der Waals surface area contributed by atoms with Crippen LogP contribution in [0.1, 0.15) is 48.9 Å². The van der Waals surface area contributed by atoms with Gasteiger partial charge in [-0.05, 0) is 49.6 Å². The van der Waals surface area contributed by atoms with Crippen molar-refractivity contribution >= 4 is 11.5 Å². The summed E-state index contributed by atoms with van der Waals surface area (Å²) >= 11 is 0. The van der Waals surface area contributed by atoms with Crippen LogP contribution in [0.4, 0.5) is 4.39 Å². The third kappa shape index (κ3) is 2.63. The smallest absolute Gasteiger partial charge is 0.311 e. The van der Waals surface area contributed by atoms with Crippen molar-refractivity contribution in [3.8, 4) is 0 Å². The Kier molecular flexibility index (Phi) is 4.39. The third-order valence-corrected chi connectivity index (χ3v) is 4.98. The molecule has 1 unspecified atom stereocenters. The van der Waals surface area contributed by atoms with E-state index in [0.29, 0.717) is 18.0 Å². The van der Waals surface area contributed by atoms with Crippen molar-refractivity contribution in [3.63, 3.8) is 0 Å². The lowest BCUT2D eigenvalue weighted by Gasteiger charge is -2.24. The van der Waals surface area contributed by atoms with Gasteiger partial charge in [-0.25, -0.2) is 0 Å². The second-order valence-electron chi connectivity index (χ2n) is 6.32. The van der Waals surface area contributed by atoms with E-state index in [0.717, 1.165) is 42.5 Å². The summed E-state index contributed by atoms with van der Waals surface area (Å²) in [7, 11) is 1.92. The number of nitrogens with zero attached hydrogens (tertiary/aromatic N) is 1. The van der Waals surface area contributed by atoms with E-state index in [1.54, 1.807) is 10.5 Å². The zero-order valence-electron chi connectivity index (χ0n) is 13.6. The Hall–Kier alpha value is -1.88. The predicted octanol–water partition coefficient (Wildman–Crippen LogP) is 3.12. The minimum absolute atomic E-state index is 0.308. The van der Waals surface area contributed by atoms with Gasteiger partial charge in [0.15, 0.2) is 5.95 Å². The second kappa shape index (κ2) is 6.32. The summed E-state index contributed by atoms with van der Waals surface area (Å²) in [6.07, 6.45) is 3.84. The molecule has 5 heteroatoms. The van der Waals surface area contributed by atoms with Crippen LogP contribution < -0.4 is 5.32 Å². The van der Waals surface area contributed by atoms with Crippen LogP contribution in [-0.4, -0.2) is 28.6 Å². The normalized spacial score (nSPS) is 18.8. The molecule has 0 radical (unpaired) electrons. The maximum absolute atomic E-state index is 14.5. The number of hydrogen-bond acceptors (Lipinski definition) is 2. The molecule has 2 aromatic rings. The molecule has 0 bridgehead atoms. The Morgan fingerprint density at radius 2 is 2.30 bits per heavy atom. The van der Waals surface area contributed by atoms with Crippen molar-refractivity contribution in [2.75, 3.05) is 7.05 Å². The standard InChI is InChI=1S/C18H23FN2O2/c1-3-5-13(18(22)23)17-12-9-8-11(20-2)10-15(12)21-14(17)6-4-7-16(21)19/h4,6-7,11,13,20H,3,5,8-10H2,1-2H3,(H,22,23)/t11-,13?/m1/s1. The monoisotopic (exact) mass is 318 g/mol. The average Bonchev–Trinajstić information content (AvgIpc) is 2.86. The van der Waals surface area contributed by atoms with Gasteiger partial charge in [-0.1, -0.05) is 19.4 Å². The minimum atomic E-state index is -0.817. The van der Waals surface area contributed by atoms with Crippen LogP contribution >= 0.6 is 0 Å². The predicted molar refractivity (Wildman–Crippen MR) is 87.5 cm³/mol. The largest absolute Gasteiger partial charge is 0.481 e. The number of halogens is 1. The summed E-state index contributed by atoms with van der Waals surface area (Å²) in [6, 6.07) is 5.26. The number of rotatable bonds is 5. The van der Waals surface area contributed by atoms with Crippen LogP contribution in [0, 0.1) is 5.95 Å². The van der Waals surface area contributed by atoms with E-state index in [9.17, 15) is 14.3 Å². The van der Waals surface area contributed by atoms with E-state index in [4.69, 9.17) is 0 Å². The van der Waals surface area contributed by atoms with Crippen molar-refractivity contribution in [2.24, 2.45) is 0 Å². The summed E-state index contributed by atoms with van der Waals surface area (Å²) in [5, 5.41) is 13.0. The Balaban J connectivity index is 2.26. The molecule has 2 heterocycles. The molecule has 0 aromatic carbocycles. The highest BCUT2D eigenvalue weighted by Crippen LogP contribution is 2.37. The Labute approximate surface area is 135 Å². The van der Waals surface area contributed by atoms with Gasteiger partial charge >= 0.3 is 5.97 Å². The van der Waals surface area contributed by atoms with Crippen LogP contribution in [0.2, 0.25) is 0 Å². The van der Waals surface area contributed by atoms with Gasteiger partial charge in [0.25, 0.3) is 0 Å². The fraction of sp³-hybridized carbons (Fsp3) is 0.500. The van der Waals surface area contributed by atoms with Crippen LogP contribution in [0.5, 0.6) is 0 Å². The second-order valence-corrected chi connectivity index (χ2v) is 6.32. The molecule has 3 rings (SSSR count). The summed E-state index contributed by atoms with van der Waals surface area (Å²) < 4.78 is 16.1. The number of pyridine rings is 1. The molecule has 0 amide bonds. The van der Waals surface area contributed by atoms with Gasteiger partial charge < -0.3 is 10.4 Å². The number of hydrogen-bond donors (Lipinski definition) is 2. The molecule has 1 aliphatic carbocycles. The first-order valence-corrected chi connectivity index (χ1v) is 8.29. The number of carboxylic acid groups (broad SMARTS) is 1. The molecule has 1 aliphatic rings. The van der Waals surface area contributed by atoms with Crippen molar-refractivity contribution in [1.29, 1.82) is 0 Å². The van der Waals surface area contributed by atoms with Crippen molar-refractivity contribution in [3.05, 3.63) is 41.0 Å². The van der Waals surface area contributed by atoms with Gasteiger partial charge in [-0.3, -0.25) is 9.20 Å². The quantitative estimate of drug-likeness (QED) is 0.833. The van der Waals surface area contributed by atoms with Crippen LogP contribution in [0.15, 0.2) is 18.2 Å². The number of carbonyl (C=O) groups is 1. The number of carboxylic acids is 1. The molecule has 0 aliphatic heterocycles. The van der Waals surface area contributed by atoms with E-state index >= 15 is 0 Å². The Morgan fingerprint density at radius 3 is 2.96 bits per heavy atom. The molecular weight excluding hydrogens is 295 g/mol. The highest BCUT2D eigenvalue weighted by atomic mass is 19.1. The molecule has 0 saturated heterocycles. The summed E-state index contributed by atoms with van der Waals surface area (Å²) in [4.78, 5) is 11.8. The molecule has 124 valence electrons. The molecule has 0 fully saturated rings. The molecule has 0 spiro atoms. The topological polar surface area (TPSA) is 53.7 Å². The van der Waals surface area contributed by atoms with Gasteiger partial charge in [0.2, 0.25) is 0 Å². The van der Waals surface area contributed by atoms with E-state index in [1.165, 1.54) is 6.07 Å². The molecule has 23 heavy (non-hydrogen) atoms. The first kappa shape index (κ1) is 16.0. The maximum Gasteiger partial charge on any atom is 0.311 e. The van der Waals surface area contributed by atoms with Crippen LogP contribution in [-0.2, 0) is 17.6 Å². The summed E-state index contributed by atoms with van der Waals surface area (Å²) in [5.74, 6) is -1.70. The van der Waals surface area contributed by atoms with Gasteiger partial charge in [0, 0.05) is 18.2 Å². The molecule has 2 atom stereocenters. The van der Waals surface area contributed by atoms with Crippen molar-refractivity contribution in [2.45, 2.75) is 51.0 Å². The highest BCUT2D eigenvalue weighted by Gasteiger charge is 2.32. The zero-order chi connectivity index (χ0) is 16.6. The van der Waals surface area contributed by atoms with Crippen molar-refractivity contribution in [1.82, 2.24) is 9.72 Å². The lowest BCUT2D eigenvalue weighted by Crippen LogP contribution is -2.32. The molecular formula is C18H23FN2O2. The van der Waals surface area contributed by atoms with E-state index < -0.39 is 11.9 Å². The number of aliphatic carboxylic acids is 1. The average molecular weight is 318 g/mol. The van der Waals surface area contributed by atoms with E-state index in [1.807, 2.05) is 20.0 Å². The fourth-order valence-corrected chi connectivity index (χ4v) is 3.88. The van der Waals surface area contributed by atoms with Gasteiger partial charge in [-0.15, -0.1) is 0 Å². The SMILES string of the molecule is CCCC(C(=O)O)c1c2c(n3c(F)cccc13)C[C@H](NC)CC2. The Morgan fingerprint density at radius 1 is 1.52 bits per heavy atom. The summed E-state index contributed by atoms with van der Waals surface area (Å²) in [5.41, 5.74) is 3.51. The first-order valence-electron chi connectivity index (χ1n) is 8.29. The van der Waals surface area contributed by atoms with Gasteiger partial charge in [-0.2, -0.15) is 4.39 Å². The number of fused-ring (bicyclic) bond motifs is 3. The van der Waals surface area contributed by atoms with Crippen molar-refractivity contribution < 1.29 is 14.3 Å². The van der Waals surface area contributed by atoms with Crippen LogP contribution in [0.3, 0.4) is 0 Å². The lowest BCUT2D eigenvalue weighted by atomic mass is 9.85.